The van der Waals surface area contributed by atoms with Crippen molar-refractivity contribution in [2.75, 3.05) is 13.6 Å². The van der Waals surface area contributed by atoms with Crippen LogP contribution in [0.1, 0.15) is 16.1 Å². The van der Waals surface area contributed by atoms with Crippen molar-refractivity contribution >= 4 is 17.5 Å². The van der Waals surface area contributed by atoms with Gasteiger partial charge in [0.15, 0.2) is 0 Å². The number of likely N-dealkylation sites (N-methyl/N-ethyl adjacent to an activating group) is 1. The lowest BCUT2D eigenvalue weighted by atomic mass is 10.1. The number of hydrogen-bond donors (Lipinski definition) is 0. The first kappa shape index (κ1) is 8.51. The van der Waals surface area contributed by atoms with Gasteiger partial charge in [0.25, 0.3) is 5.91 Å². The molecular weight excluding hydrogens is 188 g/mol. The molecule has 0 unspecified atom stereocenters. The molecule has 1 aromatic rings. The molecule has 0 aliphatic carbocycles. The highest BCUT2D eigenvalue weighted by molar-refractivity contribution is 6.29. The molecule has 0 spiro atoms. The Kier molecular flexibility index (Phi) is 1.96. The first-order chi connectivity index (χ1) is 6.18. The standard InChI is InChI=1S/C9H9ClN2O/c1-12-5-4-6-2-3-7(10)11-8(6)9(12)13/h2-3H,4-5H2,1H3. The van der Waals surface area contributed by atoms with Crippen LogP contribution >= 0.6 is 11.6 Å². The molecule has 0 saturated carbocycles. The lowest BCUT2D eigenvalue weighted by Crippen LogP contribution is -2.34. The molecule has 1 aliphatic heterocycles. The fourth-order valence-electron chi connectivity index (χ4n) is 1.42. The van der Waals surface area contributed by atoms with Gasteiger partial charge in [-0.15, -0.1) is 0 Å². The average molecular weight is 197 g/mol. The third-order valence-electron chi connectivity index (χ3n) is 2.21. The molecule has 1 aliphatic rings. The van der Waals surface area contributed by atoms with E-state index in [1.807, 2.05) is 6.07 Å². The maximum absolute atomic E-state index is 11.6. The van der Waals surface area contributed by atoms with Crippen molar-refractivity contribution < 1.29 is 4.79 Å². The summed E-state index contributed by atoms with van der Waals surface area (Å²) in [5, 5.41) is 0.377. The van der Waals surface area contributed by atoms with Crippen LogP contribution in [0.15, 0.2) is 12.1 Å². The van der Waals surface area contributed by atoms with E-state index in [1.165, 1.54) is 0 Å². The number of halogens is 1. The zero-order valence-electron chi connectivity index (χ0n) is 7.25. The van der Waals surface area contributed by atoms with Gasteiger partial charge in [-0.25, -0.2) is 4.98 Å². The molecule has 0 fully saturated rings. The second kappa shape index (κ2) is 3.00. The van der Waals surface area contributed by atoms with E-state index in [1.54, 1.807) is 18.0 Å². The molecule has 4 heteroatoms. The molecule has 2 rings (SSSR count). The van der Waals surface area contributed by atoms with Crippen molar-refractivity contribution in [3.8, 4) is 0 Å². The van der Waals surface area contributed by atoms with Gasteiger partial charge in [-0.05, 0) is 18.1 Å². The molecule has 1 amide bonds. The summed E-state index contributed by atoms with van der Waals surface area (Å²) in [6, 6.07) is 3.59. The van der Waals surface area contributed by atoms with Crippen LogP contribution in [-0.2, 0) is 6.42 Å². The summed E-state index contributed by atoms with van der Waals surface area (Å²) in [6.45, 7) is 0.759. The number of aromatic nitrogens is 1. The van der Waals surface area contributed by atoms with Crippen LogP contribution in [0.3, 0.4) is 0 Å². The lowest BCUT2D eigenvalue weighted by molar-refractivity contribution is 0.0774. The third kappa shape index (κ3) is 1.40. The van der Waals surface area contributed by atoms with Crippen LogP contribution < -0.4 is 0 Å². The highest BCUT2D eigenvalue weighted by Crippen LogP contribution is 2.18. The third-order valence-corrected chi connectivity index (χ3v) is 2.42. The van der Waals surface area contributed by atoms with Crippen molar-refractivity contribution in [2.45, 2.75) is 6.42 Å². The smallest absolute Gasteiger partial charge is 0.272 e. The Bertz CT molecular complexity index is 365. The highest BCUT2D eigenvalue weighted by atomic mass is 35.5. The Labute approximate surface area is 81.3 Å². The summed E-state index contributed by atoms with van der Waals surface area (Å²) in [7, 11) is 1.77. The zero-order valence-corrected chi connectivity index (χ0v) is 8.01. The number of hydrogen-bond acceptors (Lipinski definition) is 2. The molecule has 0 radical (unpaired) electrons. The Morgan fingerprint density at radius 2 is 2.31 bits per heavy atom. The van der Waals surface area contributed by atoms with Gasteiger partial charge < -0.3 is 4.90 Å². The Hall–Kier alpha value is -1.09. The maximum atomic E-state index is 11.6. The summed E-state index contributed by atoms with van der Waals surface area (Å²) in [5.74, 6) is -0.0382. The predicted octanol–water partition coefficient (Wildman–Crippen LogP) is 1.36. The van der Waals surface area contributed by atoms with Crippen LogP contribution in [0.4, 0.5) is 0 Å². The predicted molar refractivity (Wildman–Crippen MR) is 49.9 cm³/mol. The number of carbonyl (C=O) groups is 1. The molecule has 0 aromatic carbocycles. The van der Waals surface area contributed by atoms with E-state index < -0.39 is 0 Å². The van der Waals surface area contributed by atoms with Gasteiger partial charge >= 0.3 is 0 Å². The van der Waals surface area contributed by atoms with Crippen LogP contribution in [-0.4, -0.2) is 29.4 Å². The molecular formula is C9H9ClN2O. The van der Waals surface area contributed by atoms with Gasteiger partial charge in [0.1, 0.15) is 10.8 Å². The van der Waals surface area contributed by atoms with E-state index in [0.29, 0.717) is 10.8 Å². The van der Waals surface area contributed by atoms with Gasteiger partial charge in [0.05, 0.1) is 0 Å². The molecule has 13 heavy (non-hydrogen) atoms. The molecule has 0 saturated heterocycles. The molecule has 1 aromatic heterocycles. The number of rotatable bonds is 0. The van der Waals surface area contributed by atoms with Gasteiger partial charge in [-0.2, -0.15) is 0 Å². The lowest BCUT2D eigenvalue weighted by Gasteiger charge is -2.23. The Morgan fingerprint density at radius 1 is 1.54 bits per heavy atom. The van der Waals surface area contributed by atoms with E-state index in [-0.39, 0.29) is 5.91 Å². The van der Waals surface area contributed by atoms with E-state index >= 15 is 0 Å². The van der Waals surface area contributed by atoms with Crippen LogP contribution in [0.2, 0.25) is 5.15 Å². The Balaban J connectivity index is 2.51. The van der Waals surface area contributed by atoms with Crippen LogP contribution in [0, 0.1) is 0 Å². The molecule has 3 nitrogen and oxygen atoms in total. The first-order valence-electron chi connectivity index (χ1n) is 4.09. The fraction of sp³-hybridized carbons (Fsp3) is 0.333. The summed E-state index contributed by atoms with van der Waals surface area (Å²) >= 11 is 5.71. The highest BCUT2D eigenvalue weighted by Gasteiger charge is 2.22. The number of amides is 1. The van der Waals surface area contributed by atoms with Crippen molar-refractivity contribution in [1.82, 2.24) is 9.88 Å². The average Bonchev–Trinajstić information content (AvgIpc) is 2.12. The quantitative estimate of drug-likeness (QED) is 0.587. The second-order valence-electron chi connectivity index (χ2n) is 3.12. The van der Waals surface area contributed by atoms with Gasteiger partial charge in [-0.1, -0.05) is 17.7 Å². The maximum Gasteiger partial charge on any atom is 0.272 e. The van der Waals surface area contributed by atoms with E-state index in [0.717, 1.165) is 18.5 Å². The minimum absolute atomic E-state index is 0.0382. The number of fused-ring (bicyclic) bond motifs is 1. The summed E-state index contributed by atoms with van der Waals surface area (Å²) < 4.78 is 0. The number of nitrogens with zero attached hydrogens (tertiary/aromatic N) is 2. The van der Waals surface area contributed by atoms with E-state index in [9.17, 15) is 4.79 Å². The van der Waals surface area contributed by atoms with Crippen molar-refractivity contribution in [3.05, 3.63) is 28.5 Å². The topological polar surface area (TPSA) is 33.2 Å². The molecule has 0 bridgehead atoms. The first-order valence-corrected chi connectivity index (χ1v) is 4.47. The van der Waals surface area contributed by atoms with Crippen molar-refractivity contribution in [2.24, 2.45) is 0 Å². The molecule has 0 N–H and O–H groups in total. The van der Waals surface area contributed by atoms with Crippen molar-refractivity contribution in [3.63, 3.8) is 0 Å². The zero-order chi connectivity index (χ0) is 9.42. The number of carbonyl (C=O) groups excluding carboxylic acids is 1. The SMILES string of the molecule is CN1CCc2ccc(Cl)nc2C1=O. The van der Waals surface area contributed by atoms with Crippen LogP contribution in [0.25, 0.3) is 0 Å². The summed E-state index contributed by atoms with van der Waals surface area (Å²) in [4.78, 5) is 17.3. The fourth-order valence-corrected chi connectivity index (χ4v) is 1.57. The van der Waals surface area contributed by atoms with Crippen LogP contribution in [0.5, 0.6) is 0 Å². The van der Waals surface area contributed by atoms with Gasteiger partial charge in [0.2, 0.25) is 0 Å². The van der Waals surface area contributed by atoms with Crippen molar-refractivity contribution in [1.29, 1.82) is 0 Å². The second-order valence-corrected chi connectivity index (χ2v) is 3.51. The monoisotopic (exact) mass is 196 g/mol. The summed E-state index contributed by atoms with van der Waals surface area (Å²) in [5.41, 5.74) is 1.49. The number of pyridine rings is 1. The van der Waals surface area contributed by atoms with Gasteiger partial charge in [0, 0.05) is 13.6 Å². The molecule has 68 valence electrons. The van der Waals surface area contributed by atoms with E-state index in [4.69, 9.17) is 11.6 Å². The minimum Gasteiger partial charge on any atom is -0.340 e. The Morgan fingerprint density at radius 3 is 3.08 bits per heavy atom. The molecule has 2 heterocycles. The minimum atomic E-state index is -0.0382. The van der Waals surface area contributed by atoms with E-state index in [2.05, 4.69) is 4.98 Å². The molecule has 0 atom stereocenters. The summed E-state index contributed by atoms with van der Waals surface area (Å²) in [6.07, 6.45) is 0.863. The normalized spacial score (nSPS) is 15.8. The largest absolute Gasteiger partial charge is 0.340 e. The van der Waals surface area contributed by atoms with Gasteiger partial charge in [-0.3, -0.25) is 4.79 Å².